The fourth-order valence-electron chi connectivity index (χ4n) is 3.50. The van der Waals surface area contributed by atoms with E-state index in [-0.39, 0.29) is 17.0 Å². The minimum absolute atomic E-state index is 0.00319. The molecule has 1 heterocycles. The summed E-state index contributed by atoms with van der Waals surface area (Å²) in [7, 11) is 1.54. The predicted molar refractivity (Wildman–Crippen MR) is 110 cm³/mol. The van der Waals surface area contributed by atoms with Crippen LogP contribution in [0.4, 0.5) is 11.4 Å². The molecule has 0 radical (unpaired) electrons. The zero-order valence-corrected chi connectivity index (χ0v) is 17.3. The van der Waals surface area contributed by atoms with E-state index in [4.69, 9.17) is 9.47 Å². The van der Waals surface area contributed by atoms with Gasteiger partial charge in [-0.15, -0.1) is 0 Å². The van der Waals surface area contributed by atoms with Crippen LogP contribution in [0.3, 0.4) is 0 Å². The molecular formula is C21H25N3O6. The molecule has 3 rings (SSSR count). The Bertz CT molecular complexity index is 977. The van der Waals surface area contributed by atoms with Gasteiger partial charge in [0.2, 0.25) is 5.78 Å². The first-order valence-electron chi connectivity index (χ1n) is 9.73. The Hall–Kier alpha value is -3.20. The molecule has 0 amide bonds. The third-order valence-corrected chi connectivity index (χ3v) is 5.09. The normalized spacial score (nSPS) is 13.2. The van der Waals surface area contributed by atoms with E-state index in [9.17, 15) is 19.7 Å². The lowest BCUT2D eigenvalue weighted by molar-refractivity contribution is -0.384. The van der Waals surface area contributed by atoms with E-state index in [2.05, 4.69) is 9.88 Å². The quantitative estimate of drug-likeness (QED) is 0.208. The second-order valence-corrected chi connectivity index (χ2v) is 7.29. The van der Waals surface area contributed by atoms with Crippen molar-refractivity contribution in [2.45, 2.75) is 32.7 Å². The third kappa shape index (κ3) is 4.68. The number of esters is 1. The molecule has 0 spiro atoms. The molecular weight excluding hydrogens is 390 g/mol. The van der Waals surface area contributed by atoms with Crippen LogP contribution in [0.1, 0.15) is 51.0 Å². The van der Waals surface area contributed by atoms with Crippen LogP contribution in [0, 0.1) is 24.0 Å². The first-order valence-corrected chi connectivity index (χ1v) is 9.73. The molecule has 160 valence electrons. The van der Waals surface area contributed by atoms with Crippen LogP contribution in [0.15, 0.2) is 24.3 Å². The number of Topliss-reactive ketones (excluding diaryl/α,β-unsaturated/α-hetero) is 1. The Morgan fingerprint density at radius 2 is 1.97 bits per heavy atom. The van der Waals surface area contributed by atoms with Gasteiger partial charge in [0, 0.05) is 54.5 Å². The smallest absolute Gasteiger partial charge is 0.340 e. The van der Waals surface area contributed by atoms with Gasteiger partial charge in [-0.25, -0.2) is 4.79 Å². The van der Waals surface area contributed by atoms with Crippen LogP contribution in [0.5, 0.6) is 0 Å². The number of hydrogen-bond donors (Lipinski definition) is 1. The van der Waals surface area contributed by atoms with Crippen molar-refractivity contribution in [3.63, 3.8) is 0 Å². The standard InChI is InChI=1S/C21H25N3O6/c1-13-10-17(14(2)23(13)15-4-5-15)20(25)12-30-21(26)18-11-16(24(27)28)6-7-19(18)22-8-9-29-3/h6-7,10-11,15,22H,4-5,8-9,12H2,1-3H3. The third-order valence-electron chi connectivity index (χ3n) is 5.09. The average molecular weight is 415 g/mol. The number of rotatable bonds is 10. The number of carbonyl (C=O) groups excluding carboxylic acids is 2. The Morgan fingerprint density at radius 3 is 2.60 bits per heavy atom. The first-order chi connectivity index (χ1) is 14.3. The lowest BCUT2D eigenvalue weighted by atomic mass is 10.1. The van der Waals surface area contributed by atoms with E-state index in [1.54, 1.807) is 7.11 Å². The van der Waals surface area contributed by atoms with E-state index < -0.39 is 17.5 Å². The number of non-ortho nitro benzene ring substituents is 1. The lowest BCUT2D eigenvalue weighted by Crippen LogP contribution is -2.17. The minimum Gasteiger partial charge on any atom is -0.454 e. The van der Waals surface area contributed by atoms with E-state index >= 15 is 0 Å². The number of aryl methyl sites for hydroxylation is 1. The number of nitro benzene ring substituents is 1. The highest BCUT2D eigenvalue weighted by Gasteiger charge is 2.28. The van der Waals surface area contributed by atoms with Gasteiger partial charge in [0.25, 0.3) is 5.69 Å². The highest BCUT2D eigenvalue weighted by Crippen LogP contribution is 2.38. The molecule has 1 aromatic heterocycles. The van der Waals surface area contributed by atoms with Crippen molar-refractivity contribution < 1.29 is 24.0 Å². The number of hydrogen-bond acceptors (Lipinski definition) is 7. The summed E-state index contributed by atoms with van der Waals surface area (Å²) in [6.45, 7) is 4.20. The molecule has 1 fully saturated rings. The fourth-order valence-corrected chi connectivity index (χ4v) is 3.50. The number of methoxy groups -OCH3 is 1. The first kappa shape index (κ1) is 21.5. The number of benzene rings is 1. The van der Waals surface area contributed by atoms with Crippen molar-refractivity contribution in [3.05, 3.63) is 56.9 Å². The molecule has 1 aromatic carbocycles. The van der Waals surface area contributed by atoms with E-state index in [0.29, 0.717) is 30.4 Å². The topological polar surface area (TPSA) is 113 Å². The van der Waals surface area contributed by atoms with Crippen molar-refractivity contribution in [2.24, 2.45) is 0 Å². The maximum Gasteiger partial charge on any atom is 0.340 e. The zero-order chi connectivity index (χ0) is 21.8. The number of aromatic nitrogens is 1. The molecule has 1 aliphatic carbocycles. The number of ether oxygens (including phenoxy) is 2. The monoisotopic (exact) mass is 415 g/mol. The second-order valence-electron chi connectivity index (χ2n) is 7.29. The van der Waals surface area contributed by atoms with Crippen molar-refractivity contribution in [2.75, 3.05) is 32.2 Å². The zero-order valence-electron chi connectivity index (χ0n) is 17.3. The largest absolute Gasteiger partial charge is 0.454 e. The molecule has 1 N–H and O–H groups in total. The molecule has 0 atom stereocenters. The Morgan fingerprint density at radius 1 is 1.23 bits per heavy atom. The molecule has 9 heteroatoms. The Kier molecular flexibility index (Phi) is 6.51. The maximum atomic E-state index is 12.6. The van der Waals surface area contributed by atoms with Crippen molar-refractivity contribution in [1.29, 1.82) is 0 Å². The molecule has 0 aliphatic heterocycles. The van der Waals surface area contributed by atoms with Gasteiger partial charge in [0.15, 0.2) is 6.61 Å². The molecule has 1 aliphatic rings. The Labute approximate surface area is 174 Å². The predicted octanol–water partition coefficient (Wildman–Crippen LogP) is 3.45. The molecule has 9 nitrogen and oxygen atoms in total. The van der Waals surface area contributed by atoms with Gasteiger partial charge in [0.05, 0.1) is 17.1 Å². The lowest BCUT2D eigenvalue weighted by Gasteiger charge is -2.11. The Balaban J connectivity index is 1.73. The summed E-state index contributed by atoms with van der Waals surface area (Å²) in [6.07, 6.45) is 2.20. The highest BCUT2D eigenvalue weighted by atomic mass is 16.6. The summed E-state index contributed by atoms with van der Waals surface area (Å²) in [4.78, 5) is 35.8. The minimum atomic E-state index is -0.803. The van der Waals surface area contributed by atoms with Crippen LogP contribution < -0.4 is 5.32 Å². The summed E-state index contributed by atoms with van der Waals surface area (Å²) < 4.78 is 12.3. The van der Waals surface area contributed by atoms with Crippen LogP contribution in [0.25, 0.3) is 0 Å². The summed E-state index contributed by atoms with van der Waals surface area (Å²) in [5.41, 5.74) is 2.54. The van der Waals surface area contributed by atoms with Crippen LogP contribution in [-0.4, -0.2) is 48.1 Å². The molecule has 1 saturated carbocycles. The van der Waals surface area contributed by atoms with E-state index in [1.807, 2.05) is 19.9 Å². The molecule has 2 aromatic rings. The van der Waals surface area contributed by atoms with Crippen LogP contribution in [-0.2, 0) is 9.47 Å². The summed E-state index contributed by atoms with van der Waals surface area (Å²) in [5, 5.41) is 14.1. The number of anilines is 1. The summed E-state index contributed by atoms with van der Waals surface area (Å²) in [6, 6.07) is 6.13. The number of nitro groups is 1. The van der Waals surface area contributed by atoms with E-state index in [0.717, 1.165) is 30.3 Å². The van der Waals surface area contributed by atoms with Crippen LogP contribution in [0.2, 0.25) is 0 Å². The van der Waals surface area contributed by atoms with Gasteiger partial charge in [-0.05, 0) is 38.8 Å². The SMILES string of the molecule is COCCNc1ccc([N+](=O)[O-])cc1C(=O)OCC(=O)c1cc(C)n(C2CC2)c1C. The van der Waals surface area contributed by atoms with Crippen molar-refractivity contribution in [3.8, 4) is 0 Å². The molecule has 0 saturated heterocycles. The van der Waals surface area contributed by atoms with Crippen molar-refractivity contribution >= 4 is 23.1 Å². The number of nitrogens with zero attached hydrogens (tertiary/aromatic N) is 2. The average Bonchev–Trinajstić information content (AvgIpc) is 3.50. The van der Waals surface area contributed by atoms with E-state index in [1.165, 1.54) is 12.1 Å². The summed E-state index contributed by atoms with van der Waals surface area (Å²) in [5.74, 6) is -1.11. The maximum absolute atomic E-state index is 12.6. The number of ketones is 1. The van der Waals surface area contributed by atoms with Crippen LogP contribution >= 0.6 is 0 Å². The summed E-state index contributed by atoms with van der Waals surface area (Å²) >= 11 is 0. The second kappa shape index (κ2) is 9.08. The van der Waals surface area contributed by atoms with Gasteiger partial charge in [0.1, 0.15) is 0 Å². The fraction of sp³-hybridized carbons (Fsp3) is 0.429. The molecule has 30 heavy (non-hydrogen) atoms. The highest BCUT2D eigenvalue weighted by molar-refractivity contribution is 6.02. The van der Waals surface area contributed by atoms with Gasteiger partial charge in [-0.2, -0.15) is 0 Å². The van der Waals surface area contributed by atoms with Gasteiger partial charge < -0.3 is 19.4 Å². The van der Waals surface area contributed by atoms with Gasteiger partial charge in [-0.3, -0.25) is 14.9 Å². The van der Waals surface area contributed by atoms with Gasteiger partial charge >= 0.3 is 5.97 Å². The van der Waals surface area contributed by atoms with Gasteiger partial charge in [-0.1, -0.05) is 0 Å². The number of nitrogens with one attached hydrogen (secondary N) is 1. The number of carbonyl (C=O) groups is 2. The molecule has 0 unspecified atom stereocenters. The van der Waals surface area contributed by atoms with Crippen molar-refractivity contribution in [1.82, 2.24) is 4.57 Å². The molecule has 0 bridgehead atoms.